The Hall–Kier alpha value is 0.0500. The Balaban J connectivity index is 0. The molecule has 0 rings (SSSR count). The van der Waals surface area contributed by atoms with Gasteiger partial charge in [-0.2, -0.15) is 0 Å². The summed E-state index contributed by atoms with van der Waals surface area (Å²) in [5, 5.41) is 9.68. The van der Waals surface area contributed by atoms with Crippen LogP contribution in [0, 0.1) is 0 Å². The highest BCUT2D eigenvalue weighted by molar-refractivity contribution is 6.40. The summed E-state index contributed by atoms with van der Waals surface area (Å²) < 4.78 is 0. The Kier molecular flexibility index (Phi) is 14.3. The van der Waals surface area contributed by atoms with Crippen molar-refractivity contribution < 1.29 is 9.90 Å². The van der Waals surface area contributed by atoms with Gasteiger partial charge in [0.1, 0.15) is 0 Å². The molecule has 0 heterocycles. The van der Waals surface area contributed by atoms with Gasteiger partial charge in [0.15, 0.2) is 0 Å². The van der Waals surface area contributed by atoms with Crippen molar-refractivity contribution in [2.24, 2.45) is 0 Å². The second kappa shape index (κ2) is 10.9. The van der Waals surface area contributed by atoms with Gasteiger partial charge in [-0.25, -0.2) is 0 Å². The van der Waals surface area contributed by atoms with Crippen molar-refractivity contribution >= 4 is 29.2 Å². The molecule has 0 bridgehead atoms. The van der Waals surface area contributed by atoms with Gasteiger partial charge in [0, 0.05) is 5.97 Å². The molecule has 0 N–H and O–H groups in total. The molecule has 0 unspecified atom stereocenters. The van der Waals surface area contributed by atoms with Crippen LogP contribution in [0.4, 0.5) is 0 Å². The summed E-state index contributed by atoms with van der Waals surface area (Å²) in [5.41, 5.74) is 0. The Morgan fingerprint density at radius 2 is 1.89 bits per heavy atom. The number of hydrogen-bond acceptors (Lipinski definition) is 2. The van der Waals surface area contributed by atoms with E-state index in [0.717, 1.165) is 0 Å². The first-order chi connectivity index (χ1) is 4.18. The maximum Gasteiger partial charge on any atom is 0.0967 e. The minimum Gasteiger partial charge on any atom is -0.550 e. The molecule has 0 radical (unpaired) electrons. The zero-order chi connectivity index (χ0) is 7.70. The molecule has 0 saturated heterocycles. The molecule has 0 aliphatic rings. The number of aliphatic carboxylic acids is 1. The van der Waals surface area contributed by atoms with Gasteiger partial charge in [-0.05, 0) is 6.42 Å². The summed E-state index contributed by atoms with van der Waals surface area (Å²) in [5.74, 6) is -0.961. The number of carboxylic acid groups (broad SMARTS) is 1. The van der Waals surface area contributed by atoms with Gasteiger partial charge in [-0.3, -0.25) is 0 Å². The average Bonchev–Trinajstić information content (AvgIpc) is 1.67. The molecule has 4 heteroatoms. The zero-order valence-corrected chi connectivity index (χ0v) is 6.71. The molecular formula is C5H9Cl2O2-. The molecule has 0 aliphatic carbocycles. The van der Waals surface area contributed by atoms with Gasteiger partial charge in [-0.1, -0.05) is 13.3 Å². The van der Waals surface area contributed by atoms with Crippen LogP contribution in [0.2, 0.25) is 0 Å². The molecule has 0 aromatic rings. The molecule has 0 amide bonds. The van der Waals surface area contributed by atoms with Crippen molar-refractivity contribution in [2.45, 2.75) is 19.8 Å². The van der Waals surface area contributed by atoms with E-state index in [4.69, 9.17) is 23.2 Å². The SMILES string of the molecule is CCCC(=O)[O-].ClCCl. The summed E-state index contributed by atoms with van der Waals surface area (Å²) in [6, 6.07) is 0. The molecule has 0 atom stereocenters. The lowest BCUT2D eigenvalue weighted by atomic mass is 10.4. The maximum absolute atomic E-state index is 9.49. The number of hydrogen-bond donors (Lipinski definition) is 0. The molecule has 0 aromatic heterocycles. The lowest BCUT2D eigenvalue weighted by molar-refractivity contribution is -0.305. The normalized spacial score (nSPS) is 7.44. The van der Waals surface area contributed by atoms with Gasteiger partial charge in [0.25, 0.3) is 0 Å². The average molecular weight is 172 g/mol. The Labute approximate surface area is 64.8 Å². The third kappa shape index (κ3) is 31.7. The molecule has 0 spiro atoms. The molecule has 0 aliphatic heterocycles. The predicted octanol–water partition coefficient (Wildman–Crippen LogP) is 0.958. The predicted molar refractivity (Wildman–Crippen MR) is 36.5 cm³/mol. The largest absolute Gasteiger partial charge is 0.550 e. The fourth-order valence-corrected chi connectivity index (χ4v) is 0.204. The minimum atomic E-state index is -0.961. The zero-order valence-electron chi connectivity index (χ0n) is 5.19. The first kappa shape index (κ1) is 11.8. The maximum atomic E-state index is 9.49. The van der Waals surface area contributed by atoms with Gasteiger partial charge < -0.3 is 9.90 Å². The van der Waals surface area contributed by atoms with Crippen LogP contribution in [0.5, 0.6) is 0 Å². The Morgan fingerprint density at radius 1 is 1.56 bits per heavy atom. The summed E-state index contributed by atoms with van der Waals surface area (Å²) in [6.07, 6.45) is 0.850. The van der Waals surface area contributed by atoms with Crippen molar-refractivity contribution in [3.8, 4) is 0 Å². The molecule has 0 saturated carbocycles. The van der Waals surface area contributed by atoms with Crippen LogP contribution in [0.15, 0.2) is 0 Å². The van der Waals surface area contributed by atoms with E-state index in [1.807, 2.05) is 0 Å². The van der Waals surface area contributed by atoms with Crippen LogP contribution in [0.3, 0.4) is 0 Å². The molecule has 0 aromatic carbocycles. The molecule has 0 fully saturated rings. The van der Waals surface area contributed by atoms with Gasteiger partial charge in [-0.15, -0.1) is 23.2 Å². The smallest absolute Gasteiger partial charge is 0.0967 e. The fraction of sp³-hybridized carbons (Fsp3) is 0.800. The fourth-order valence-electron chi connectivity index (χ4n) is 0.204. The van der Waals surface area contributed by atoms with Crippen LogP contribution in [0.25, 0.3) is 0 Å². The third-order valence-corrected chi connectivity index (χ3v) is 0.454. The third-order valence-electron chi connectivity index (χ3n) is 0.454. The van der Waals surface area contributed by atoms with Gasteiger partial charge in [0.05, 0.1) is 5.34 Å². The standard InChI is InChI=1S/C4H8O2.CH2Cl2/c1-2-3-4(5)6;2-1-3/h2-3H2,1H3,(H,5,6);1H2/p-1. The number of rotatable bonds is 2. The molecule has 9 heavy (non-hydrogen) atoms. The quantitative estimate of drug-likeness (QED) is 0.582. The van der Waals surface area contributed by atoms with Gasteiger partial charge in [0.2, 0.25) is 0 Å². The van der Waals surface area contributed by atoms with E-state index >= 15 is 0 Å². The number of carbonyl (C=O) groups excluding carboxylic acids is 1. The molecular weight excluding hydrogens is 163 g/mol. The van der Waals surface area contributed by atoms with E-state index in [0.29, 0.717) is 6.42 Å². The number of halogens is 2. The van der Waals surface area contributed by atoms with Crippen LogP contribution in [-0.2, 0) is 4.79 Å². The highest BCUT2D eigenvalue weighted by atomic mass is 35.5. The van der Waals surface area contributed by atoms with E-state index in [2.05, 4.69) is 0 Å². The van der Waals surface area contributed by atoms with E-state index in [-0.39, 0.29) is 11.8 Å². The lowest BCUT2D eigenvalue weighted by Gasteiger charge is -1.92. The summed E-state index contributed by atoms with van der Waals surface area (Å²) in [6.45, 7) is 1.80. The van der Waals surface area contributed by atoms with E-state index in [9.17, 15) is 9.90 Å². The van der Waals surface area contributed by atoms with Crippen LogP contribution < -0.4 is 5.11 Å². The second-order valence-electron chi connectivity index (χ2n) is 1.22. The first-order valence-corrected chi connectivity index (χ1v) is 3.57. The van der Waals surface area contributed by atoms with E-state index in [1.54, 1.807) is 6.92 Å². The van der Waals surface area contributed by atoms with Crippen molar-refractivity contribution in [2.75, 3.05) is 5.34 Å². The van der Waals surface area contributed by atoms with E-state index < -0.39 is 5.97 Å². The van der Waals surface area contributed by atoms with Crippen LogP contribution in [0.1, 0.15) is 19.8 Å². The summed E-state index contributed by atoms with van der Waals surface area (Å²) >= 11 is 9.53. The second-order valence-corrected chi connectivity index (χ2v) is 2.03. The first-order valence-electron chi connectivity index (χ1n) is 2.50. The van der Waals surface area contributed by atoms with Crippen LogP contribution >= 0.6 is 23.2 Å². The monoisotopic (exact) mass is 171 g/mol. The van der Waals surface area contributed by atoms with Crippen molar-refractivity contribution in [3.63, 3.8) is 0 Å². The number of alkyl halides is 2. The summed E-state index contributed by atoms with van der Waals surface area (Å²) in [4.78, 5) is 9.49. The van der Waals surface area contributed by atoms with Crippen molar-refractivity contribution in [1.29, 1.82) is 0 Å². The van der Waals surface area contributed by atoms with Gasteiger partial charge >= 0.3 is 0 Å². The Bertz CT molecular complexity index is 66.0. The van der Waals surface area contributed by atoms with E-state index in [1.165, 1.54) is 0 Å². The minimum absolute atomic E-state index is 0.181. The number of carboxylic acids is 1. The highest BCUT2D eigenvalue weighted by Gasteiger charge is 1.75. The van der Waals surface area contributed by atoms with Crippen molar-refractivity contribution in [3.05, 3.63) is 0 Å². The molecule has 2 nitrogen and oxygen atoms in total. The van der Waals surface area contributed by atoms with Crippen molar-refractivity contribution in [1.82, 2.24) is 0 Å². The summed E-state index contributed by atoms with van der Waals surface area (Å²) in [7, 11) is 0. The molecule has 56 valence electrons. The topological polar surface area (TPSA) is 40.1 Å². The lowest BCUT2D eigenvalue weighted by Crippen LogP contribution is -2.20. The Morgan fingerprint density at radius 3 is 1.89 bits per heavy atom. The van der Waals surface area contributed by atoms with Crippen LogP contribution in [-0.4, -0.2) is 11.3 Å². The highest BCUT2D eigenvalue weighted by Crippen LogP contribution is 1.79. The number of carbonyl (C=O) groups is 1.